The van der Waals surface area contributed by atoms with E-state index in [4.69, 9.17) is 5.11 Å². The number of hydrazone groups is 1. The van der Waals surface area contributed by atoms with Gasteiger partial charge in [0.1, 0.15) is 0 Å². The van der Waals surface area contributed by atoms with Gasteiger partial charge in [0.2, 0.25) is 5.91 Å². The van der Waals surface area contributed by atoms with Crippen LogP contribution in [0.5, 0.6) is 11.5 Å². The largest absolute Gasteiger partial charge is 0.504 e. The second-order valence-electron chi connectivity index (χ2n) is 2.64. The van der Waals surface area contributed by atoms with Gasteiger partial charge in [-0.05, 0) is 12.1 Å². The van der Waals surface area contributed by atoms with Gasteiger partial charge in [0.25, 0.3) is 0 Å². The summed E-state index contributed by atoms with van der Waals surface area (Å²) in [4.78, 5) is 10.4. The molecule has 0 heterocycles. The van der Waals surface area contributed by atoms with Crippen molar-refractivity contribution in [3.05, 3.63) is 23.8 Å². The Morgan fingerprint density at radius 1 is 1.50 bits per heavy atom. The Morgan fingerprint density at radius 2 is 2.21 bits per heavy atom. The van der Waals surface area contributed by atoms with Gasteiger partial charge in [0.15, 0.2) is 11.5 Å². The molecule has 5 nitrogen and oxygen atoms in total. The average molecular weight is 194 g/mol. The van der Waals surface area contributed by atoms with Crippen molar-refractivity contribution < 1.29 is 15.0 Å². The minimum Gasteiger partial charge on any atom is -0.504 e. The van der Waals surface area contributed by atoms with Crippen molar-refractivity contribution in [2.24, 2.45) is 5.10 Å². The summed E-state index contributed by atoms with van der Waals surface area (Å²) < 4.78 is 0. The van der Waals surface area contributed by atoms with Crippen molar-refractivity contribution >= 4 is 12.1 Å². The molecule has 0 aliphatic rings. The molecule has 1 rings (SSSR count). The third-order valence-corrected chi connectivity index (χ3v) is 1.47. The summed E-state index contributed by atoms with van der Waals surface area (Å²) in [6.07, 6.45) is 1.25. The molecule has 3 N–H and O–H groups in total. The molecule has 74 valence electrons. The van der Waals surface area contributed by atoms with Gasteiger partial charge >= 0.3 is 0 Å². The molecule has 0 aromatic heterocycles. The molecule has 0 saturated carbocycles. The van der Waals surface area contributed by atoms with E-state index in [0.29, 0.717) is 5.56 Å². The smallest absolute Gasteiger partial charge is 0.236 e. The summed E-state index contributed by atoms with van der Waals surface area (Å²) in [6, 6.07) is 4.47. The van der Waals surface area contributed by atoms with E-state index >= 15 is 0 Å². The number of phenolic OH excluding ortho intramolecular Hbond substituents is 2. The molecule has 0 radical (unpaired) electrons. The second kappa shape index (κ2) is 4.27. The third-order valence-electron chi connectivity index (χ3n) is 1.47. The molecule has 0 aliphatic carbocycles. The molecule has 5 heteroatoms. The van der Waals surface area contributed by atoms with Gasteiger partial charge < -0.3 is 10.2 Å². The van der Waals surface area contributed by atoms with Crippen LogP contribution in [-0.4, -0.2) is 22.3 Å². The molecule has 1 amide bonds. The van der Waals surface area contributed by atoms with Crippen LogP contribution in [0.15, 0.2) is 23.3 Å². The summed E-state index contributed by atoms with van der Waals surface area (Å²) in [7, 11) is 0. The first kappa shape index (κ1) is 10.0. The van der Waals surface area contributed by atoms with E-state index in [0.717, 1.165) is 0 Å². The number of hydrogen-bond donors (Lipinski definition) is 3. The Bertz CT molecular complexity index is 374. The van der Waals surface area contributed by atoms with Crippen LogP contribution in [0.2, 0.25) is 0 Å². The van der Waals surface area contributed by atoms with E-state index in [1.54, 1.807) is 12.1 Å². The quantitative estimate of drug-likeness (QED) is 0.365. The molecule has 14 heavy (non-hydrogen) atoms. The lowest BCUT2D eigenvalue weighted by molar-refractivity contribution is -0.118. The summed E-state index contributed by atoms with van der Waals surface area (Å²) >= 11 is 0. The van der Waals surface area contributed by atoms with Crippen LogP contribution in [0.25, 0.3) is 0 Å². The third kappa shape index (κ3) is 2.48. The maximum Gasteiger partial charge on any atom is 0.236 e. The molecule has 0 fully saturated rings. The number of aromatic hydroxyl groups is 2. The number of nitrogens with one attached hydrogen (secondary N) is 1. The van der Waals surface area contributed by atoms with Crippen LogP contribution >= 0.6 is 0 Å². The lowest BCUT2D eigenvalue weighted by Crippen LogP contribution is -2.12. The molecular formula is C9H10N2O3. The van der Waals surface area contributed by atoms with E-state index in [1.165, 1.54) is 19.2 Å². The fourth-order valence-corrected chi connectivity index (χ4v) is 0.846. The number of carbonyl (C=O) groups excluding carboxylic acids is 1. The number of amides is 1. The monoisotopic (exact) mass is 194 g/mol. The average Bonchev–Trinajstić information content (AvgIpc) is 2.12. The Morgan fingerprint density at radius 3 is 2.86 bits per heavy atom. The van der Waals surface area contributed by atoms with E-state index in [9.17, 15) is 9.90 Å². The molecule has 1 aromatic rings. The Labute approximate surface area is 80.7 Å². The van der Waals surface area contributed by atoms with Crippen LogP contribution in [0.4, 0.5) is 0 Å². The van der Waals surface area contributed by atoms with Crippen molar-refractivity contribution in [2.75, 3.05) is 0 Å². The predicted octanol–water partition coefficient (Wildman–Crippen LogP) is 0.568. The molecule has 0 atom stereocenters. The highest BCUT2D eigenvalue weighted by atomic mass is 16.3. The fraction of sp³-hybridized carbons (Fsp3) is 0.111. The Hall–Kier alpha value is -2.04. The molecule has 1 aromatic carbocycles. The van der Waals surface area contributed by atoms with Crippen molar-refractivity contribution in [1.29, 1.82) is 0 Å². The highest BCUT2D eigenvalue weighted by Gasteiger charge is 2.02. The normalized spacial score (nSPS) is 10.4. The van der Waals surface area contributed by atoms with Crippen LogP contribution < -0.4 is 5.43 Å². The van der Waals surface area contributed by atoms with Crippen molar-refractivity contribution in [3.63, 3.8) is 0 Å². The topological polar surface area (TPSA) is 81.9 Å². The van der Waals surface area contributed by atoms with E-state index in [2.05, 4.69) is 10.5 Å². The van der Waals surface area contributed by atoms with Gasteiger partial charge in [0, 0.05) is 12.5 Å². The number of phenols is 2. The van der Waals surface area contributed by atoms with E-state index < -0.39 is 0 Å². The lowest BCUT2D eigenvalue weighted by Gasteiger charge is -1.99. The Kier molecular flexibility index (Phi) is 3.06. The highest BCUT2D eigenvalue weighted by Crippen LogP contribution is 2.26. The Balaban J connectivity index is 2.81. The second-order valence-corrected chi connectivity index (χ2v) is 2.64. The lowest BCUT2D eigenvalue weighted by atomic mass is 10.2. The molecule has 0 aliphatic heterocycles. The van der Waals surface area contributed by atoms with E-state index in [-0.39, 0.29) is 17.4 Å². The summed E-state index contributed by atoms with van der Waals surface area (Å²) in [5.74, 6) is -0.792. The molecular weight excluding hydrogens is 184 g/mol. The maximum atomic E-state index is 10.4. The molecule has 0 saturated heterocycles. The van der Waals surface area contributed by atoms with Crippen LogP contribution in [-0.2, 0) is 4.79 Å². The highest BCUT2D eigenvalue weighted by molar-refractivity contribution is 5.85. The predicted molar refractivity (Wildman–Crippen MR) is 51.2 cm³/mol. The summed E-state index contributed by atoms with van der Waals surface area (Å²) in [5, 5.41) is 22.0. The minimum absolute atomic E-state index is 0.225. The van der Waals surface area contributed by atoms with E-state index in [1.807, 2.05) is 0 Å². The van der Waals surface area contributed by atoms with Crippen molar-refractivity contribution in [3.8, 4) is 11.5 Å². The maximum absolute atomic E-state index is 10.4. The summed E-state index contributed by atoms with van der Waals surface area (Å²) in [6.45, 7) is 1.32. The molecule has 0 unspecified atom stereocenters. The van der Waals surface area contributed by atoms with Crippen LogP contribution in [0.1, 0.15) is 12.5 Å². The first-order valence-electron chi connectivity index (χ1n) is 3.92. The SMILES string of the molecule is CC(=O)N/N=C\c1cccc(O)c1O. The first-order chi connectivity index (χ1) is 6.61. The van der Waals surface area contributed by atoms with Crippen LogP contribution in [0.3, 0.4) is 0 Å². The standard InChI is InChI=1S/C9H10N2O3/c1-6(12)11-10-5-7-3-2-4-8(13)9(7)14/h2-5,13-14H,1H3,(H,11,12)/b10-5-. The number of benzene rings is 1. The van der Waals surface area contributed by atoms with Gasteiger partial charge in [0.05, 0.1) is 6.21 Å². The fourth-order valence-electron chi connectivity index (χ4n) is 0.846. The van der Waals surface area contributed by atoms with Crippen molar-refractivity contribution in [1.82, 2.24) is 5.43 Å². The van der Waals surface area contributed by atoms with Gasteiger partial charge in [-0.1, -0.05) is 6.07 Å². The summed E-state index contributed by atoms with van der Waals surface area (Å²) in [5.41, 5.74) is 2.51. The number of rotatable bonds is 2. The van der Waals surface area contributed by atoms with Gasteiger partial charge in [-0.15, -0.1) is 0 Å². The minimum atomic E-state index is -0.305. The molecule has 0 spiro atoms. The number of carbonyl (C=O) groups is 1. The number of nitrogens with zero attached hydrogens (tertiary/aromatic N) is 1. The molecule has 0 bridgehead atoms. The van der Waals surface area contributed by atoms with Crippen LogP contribution in [0, 0.1) is 0 Å². The van der Waals surface area contributed by atoms with Gasteiger partial charge in [-0.2, -0.15) is 5.10 Å². The zero-order valence-corrected chi connectivity index (χ0v) is 7.56. The van der Waals surface area contributed by atoms with Gasteiger partial charge in [-0.3, -0.25) is 4.79 Å². The zero-order chi connectivity index (χ0) is 10.6. The zero-order valence-electron chi connectivity index (χ0n) is 7.56. The number of para-hydroxylation sites is 1. The first-order valence-corrected chi connectivity index (χ1v) is 3.92. The van der Waals surface area contributed by atoms with Gasteiger partial charge in [-0.25, -0.2) is 5.43 Å². The number of hydrogen-bond acceptors (Lipinski definition) is 4. The van der Waals surface area contributed by atoms with Crippen molar-refractivity contribution in [2.45, 2.75) is 6.92 Å².